The van der Waals surface area contributed by atoms with Crippen LogP contribution in [0.2, 0.25) is 0 Å². The molecule has 24 heavy (non-hydrogen) atoms. The van der Waals surface area contributed by atoms with Crippen LogP contribution in [0.5, 0.6) is 0 Å². The van der Waals surface area contributed by atoms with Crippen molar-refractivity contribution in [2.45, 2.75) is 76.0 Å². The predicted octanol–water partition coefficient (Wildman–Crippen LogP) is 2.50. The van der Waals surface area contributed by atoms with Crippen LogP contribution in [0.3, 0.4) is 0 Å². The van der Waals surface area contributed by atoms with E-state index in [0.717, 1.165) is 58.4 Å². The summed E-state index contributed by atoms with van der Waals surface area (Å²) in [6.45, 7) is 3.26. The van der Waals surface area contributed by atoms with Crippen molar-refractivity contribution in [3.05, 3.63) is 0 Å². The lowest BCUT2D eigenvalue weighted by molar-refractivity contribution is -0.135. The molecule has 2 aliphatic heterocycles. The summed E-state index contributed by atoms with van der Waals surface area (Å²) in [5.74, 6) is 0.696. The molecular formula is C18H33ClN2O3. The van der Waals surface area contributed by atoms with Crippen LogP contribution in [0.4, 0.5) is 0 Å². The van der Waals surface area contributed by atoms with Crippen LogP contribution in [0, 0.1) is 5.92 Å². The van der Waals surface area contributed by atoms with Crippen LogP contribution in [0.1, 0.15) is 57.8 Å². The molecule has 1 amide bonds. The normalized spacial score (nSPS) is 31.7. The van der Waals surface area contributed by atoms with Gasteiger partial charge in [-0.1, -0.05) is 6.42 Å². The first kappa shape index (κ1) is 20.0. The zero-order valence-corrected chi connectivity index (χ0v) is 15.5. The number of piperidine rings is 1. The van der Waals surface area contributed by atoms with Crippen molar-refractivity contribution in [2.24, 2.45) is 11.7 Å². The van der Waals surface area contributed by atoms with Gasteiger partial charge in [-0.25, -0.2) is 0 Å². The lowest BCUT2D eigenvalue weighted by Gasteiger charge is -2.34. The summed E-state index contributed by atoms with van der Waals surface area (Å²) in [4.78, 5) is 14.4. The van der Waals surface area contributed by atoms with Gasteiger partial charge in [-0.3, -0.25) is 4.79 Å². The molecule has 1 saturated carbocycles. The van der Waals surface area contributed by atoms with Crippen LogP contribution in [-0.2, 0) is 14.3 Å². The lowest BCUT2D eigenvalue weighted by atomic mass is 9.98. The first-order valence-corrected chi connectivity index (χ1v) is 9.49. The molecule has 3 fully saturated rings. The summed E-state index contributed by atoms with van der Waals surface area (Å²) in [5, 5.41) is 0. The predicted molar refractivity (Wildman–Crippen MR) is 96.3 cm³/mol. The fourth-order valence-corrected chi connectivity index (χ4v) is 4.13. The zero-order chi connectivity index (χ0) is 16.1. The second-order valence-corrected chi connectivity index (χ2v) is 7.46. The average molecular weight is 361 g/mol. The van der Waals surface area contributed by atoms with Gasteiger partial charge in [-0.15, -0.1) is 12.4 Å². The molecule has 3 atom stereocenters. The number of nitrogens with two attached hydrogens (primary N) is 1. The van der Waals surface area contributed by atoms with Gasteiger partial charge in [0.05, 0.1) is 18.8 Å². The van der Waals surface area contributed by atoms with Gasteiger partial charge < -0.3 is 20.1 Å². The molecule has 3 aliphatic rings. The maximum atomic E-state index is 12.4. The Balaban J connectivity index is 0.00000208. The van der Waals surface area contributed by atoms with Gasteiger partial charge in [0.15, 0.2) is 0 Å². The van der Waals surface area contributed by atoms with Crippen LogP contribution in [-0.4, -0.2) is 55.4 Å². The molecule has 1 aliphatic carbocycles. The van der Waals surface area contributed by atoms with Gasteiger partial charge in [0.25, 0.3) is 0 Å². The van der Waals surface area contributed by atoms with Crippen molar-refractivity contribution in [3.63, 3.8) is 0 Å². The number of hydrogen-bond donors (Lipinski definition) is 1. The van der Waals surface area contributed by atoms with Crippen molar-refractivity contribution >= 4 is 18.3 Å². The molecule has 0 aromatic heterocycles. The Kier molecular flexibility index (Phi) is 8.28. The summed E-state index contributed by atoms with van der Waals surface area (Å²) >= 11 is 0. The Hall–Kier alpha value is -0.360. The standard InChI is InChI=1S/C18H32N2O3.ClH/c19-17-6-3-4-14(17)12-18(21)20-9-7-15(8-10-20)23-13-16-5-1-2-11-22-16;/h14-17H,1-13,19H2;1H/t14-,16?,17+;/m0./s1. The maximum absolute atomic E-state index is 12.4. The van der Waals surface area contributed by atoms with Crippen molar-refractivity contribution < 1.29 is 14.3 Å². The van der Waals surface area contributed by atoms with E-state index in [0.29, 0.717) is 24.3 Å². The number of likely N-dealkylation sites (tertiary alicyclic amines) is 1. The van der Waals surface area contributed by atoms with Gasteiger partial charge in [-0.2, -0.15) is 0 Å². The van der Waals surface area contributed by atoms with E-state index in [2.05, 4.69) is 0 Å². The summed E-state index contributed by atoms with van der Waals surface area (Å²) < 4.78 is 11.7. The molecule has 0 aromatic carbocycles. The van der Waals surface area contributed by atoms with Gasteiger partial charge in [0.2, 0.25) is 5.91 Å². The van der Waals surface area contributed by atoms with Crippen LogP contribution >= 0.6 is 12.4 Å². The molecule has 140 valence electrons. The summed E-state index contributed by atoms with van der Waals surface area (Å²) in [5.41, 5.74) is 6.09. The van der Waals surface area contributed by atoms with Crippen molar-refractivity contribution in [1.82, 2.24) is 4.90 Å². The molecule has 0 bridgehead atoms. The topological polar surface area (TPSA) is 64.8 Å². The van der Waals surface area contributed by atoms with E-state index in [1.165, 1.54) is 19.3 Å². The molecule has 2 saturated heterocycles. The first-order valence-electron chi connectivity index (χ1n) is 9.49. The van der Waals surface area contributed by atoms with Crippen LogP contribution < -0.4 is 5.73 Å². The molecule has 6 heteroatoms. The highest BCUT2D eigenvalue weighted by atomic mass is 35.5. The van der Waals surface area contributed by atoms with E-state index in [1.807, 2.05) is 4.90 Å². The van der Waals surface area contributed by atoms with Crippen LogP contribution in [0.15, 0.2) is 0 Å². The number of amides is 1. The molecule has 1 unspecified atom stereocenters. The highest BCUT2D eigenvalue weighted by Crippen LogP contribution is 2.28. The highest BCUT2D eigenvalue weighted by molar-refractivity contribution is 5.85. The van der Waals surface area contributed by atoms with Crippen LogP contribution in [0.25, 0.3) is 0 Å². The van der Waals surface area contributed by atoms with Gasteiger partial charge in [0.1, 0.15) is 0 Å². The number of halogens is 1. The Morgan fingerprint density at radius 2 is 1.88 bits per heavy atom. The summed E-state index contributed by atoms with van der Waals surface area (Å²) in [6.07, 6.45) is 10.1. The number of nitrogens with zero attached hydrogens (tertiary/aromatic N) is 1. The van der Waals surface area contributed by atoms with E-state index in [1.54, 1.807) is 0 Å². The van der Waals surface area contributed by atoms with Crippen molar-refractivity contribution in [2.75, 3.05) is 26.3 Å². The fraction of sp³-hybridized carbons (Fsp3) is 0.944. The third kappa shape index (κ3) is 5.58. The SMILES string of the molecule is Cl.N[C@@H]1CCC[C@H]1CC(=O)N1CCC(OCC2CCCCO2)CC1. The monoisotopic (exact) mass is 360 g/mol. The smallest absolute Gasteiger partial charge is 0.222 e. The highest BCUT2D eigenvalue weighted by Gasteiger charge is 2.30. The van der Waals surface area contributed by atoms with Gasteiger partial charge in [-0.05, 0) is 50.9 Å². The number of carbonyl (C=O) groups is 1. The minimum absolute atomic E-state index is 0. The third-order valence-electron chi connectivity index (χ3n) is 5.74. The molecule has 0 aromatic rings. The summed E-state index contributed by atoms with van der Waals surface area (Å²) in [6, 6.07) is 0.232. The Labute approximate surface area is 152 Å². The third-order valence-corrected chi connectivity index (χ3v) is 5.74. The molecule has 0 spiro atoms. The zero-order valence-electron chi connectivity index (χ0n) is 14.7. The Bertz CT molecular complexity index is 382. The number of carbonyl (C=O) groups excluding carboxylic acids is 1. The fourth-order valence-electron chi connectivity index (χ4n) is 4.13. The number of ether oxygens (including phenoxy) is 2. The van der Waals surface area contributed by atoms with E-state index in [4.69, 9.17) is 15.2 Å². The van der Waals surface area contributed by atoms with Crippen molar-refractivity contribution in [3.8, 4) is 0 Å². The average Bonchev–Trinajstić information content (AvgIpc) is 2.99. The Morgan fingerprint density at radius 3 is 2.50 bits per heavy atom. The number of hydrogen-bond acceptors (Lipinski definition) is 4. The minimum Gasteiger partial charge on any atom is -0.376 e. The molecular weight excluding hydrogens is 328 g/mol. The van der Waals surface area contributed by atoms with E-state index >= 15 is 0 Å². The molecule has 5 nitrogen and oxygen atoms in total. The molecule has 3 rings (SSSR count). The van der Waals surface area contributed by atoms with Gasteiger partial charge >= 0.3 is 0 Å². The Morgan fingerprint density at radius 1 is 1.08 bits per heavy atom. The van der Waals surface area contributed by atoms with E-state index in [9.17, 15) is 4.79 Å². The second-order valence-electron chi connectivity index (χ2n) is 7.46. The first-order chi connectivity index (χ1) is 11.2. The molecule has 0 radical (unpaired) electrons. The largest absolute Gasteiger partial charge is 0.376 e. The summed E-state index contributed by atoms with van der Waals surface area (Å²) in [7, 11) is 0. The number of rotatable bonds is 5. The molecule has 2 heterocycles. The van der Waals surface area contributed by atoms with E-state index in [-0.39, 0.29) is 24.6 Å². The molecule has 2 N–H and O–H groups in total. The van der Waals surface area contributed by atoms with E-state index < -0.39 is 0 Å². The van der Waals surface area contributed by atoms with Gasteiger partial charge in [0, 0.05) is 32.2 Å². The maximum Gasteiger partial charge on any atom is 0.222 e. The lowest BCUT2D eigenvalue weighted by Crippen LogP contribution is -2.43. The van der Waals surface area contributed by atoms with Crippen molar-refractivity contribution in [1.29, 1.82) is 0 Å². The second kappa shape index (κ2) is 9.95. The quantitative estimate of drug-likeness (QED) is 0.818. The minimum atomic E-state index is 0.